The molecule has 0 saturated carbocycles. The van der Waals surface area contributed by atoms with E-state index in [9.17, 15) is 5.11 Å². The summed E-state index contributed by atoms with van der Waals surface area (Å²) in [7, 11) is 0. The molecule has 1 aromatic heterocycles. The molecule has 0 fully saturated rings. The third-order valence-corrected chi connectivity index (χ3v) is 3.93. The number of aromatic hydroxyl groups is 1. The largest absolute Gasteiger partial charge is 0.508 e. The third kappa shape index (κ3) is 9.11. The highest BCUT2D eigenvalue weighted by molar-refractivity contribution is 9.11. The Balaban J connectivity index is 0. The van der Waals surface area contributed by atoms with Gasteiger partial charge in [-0.15, -0.1) is 11.3 Å². The van der Waals surface area contributed by atoms with Crippen LogP contribution in [-0.2, 0) is 6.42 Å². The highest BCUT2D eigenvalue weighted by atomic mass is 79.9. The summed E-state index contributed by atoms with van der Waals surface area (Å²) in [4.78, 5) is 5.81. The molecule has 1 N–H and O–H groups in total. The first-order chi connectivity index (χ1) is 11.1. The van der Waals surface area contributed by atoms with Crippen LogP contribution in [0.5, 0.6) is 5.75 Å². The van der Waals surface area contributed by atoms with Crippen LogP contribution in [0.3, 0.4) is 0 Å². The van der Waals surface area contributed by atoms with Gasteiger partial charge in [0, 0.05) is 10.4 Å². The van der Waals surface area contributed by atoms with Crippen molar-refractivity contribution in [2.75, 3.05) is 0 Å². The Bertz CT molecular complexity index is 507. The standard InChI is InChI=1S/C13H14BrNOS.3C2H6/c1-8(2)7-11-12(15-13(14)17-11)9-3-5-10(16)6-4-9;3*1-2/h3-6,8,16H,7H2,1-2H3;3*1-2H3. The maximum absolute atomic E-state index is 9.30. The molecule has 0 aliphatic rings. The van der Waals surface area contributed by atoms with Crippen molar-refractivity contribution in [1.29, 1.82) is 0 Å². The lowest BCUT2D eigenvalue weighted by Gasteiger charge is -2.05. The number of phenolic OH excluding ortho intramolecular Hbond substituents is 1. The molecule has 2 nitrogen and oxygen atoms in total. The van der Waals surface area contributed by atoms with E-state index in [1.54, 1.807) is 23.5 Å². The topological polar surface area (TPSA) is 33.1 Å². The minimum Gasteiger partial charge on any atom is -0.508 e. The van der Waals surface area contributed by atoms with Crippen molar-refractivity contribution in [1.82, 2.24) is 4.98 Å². The van der Waals surface area contributed by atoms with Crippen molar-refractivity contribution in [2.45, 2.75) is 61.8 Å². The molecular weight excluding hydrogens is 370 g/mol. The minimum atomic E-state index is 0.286. The third-order valence-electron chi connectivity index (χ3n) is 2.41. The second-order valence-electron chi connectivity index (χ2n) is 4.38. The molecule has 0 spiro atoms. The molecule has 0 aliphatic carbocycles. The summed E-state index contributed by atoms with van der Waals surface area (Å²) >= 11 is 5.13. The van der Waals surface area contributed by atoms with E-state index in [-0.39, 0.29) is 5.75 Å². The van der Waals surface area contributed by atoms with Crippen LogP contribution in [0, 0.1) is 5.92 Å². The van der Waals surface area contributed by atoms with Gasteiger partial charge in [-0.2, -0.15) is 0 Å². The number of benzene rings is 1. The lowest BCUT2D eigenvalue weighted by Crippen LogP contribution is -1.93. The molecule has 2 aromatic rings. The number of rotatable bonds is 3. The van der Waals surface area contributed by atoms with E-state index in [4.69, 9.17) is 0 Å². The van der Waals surface area contributed by atoms with E-state index in [1.807, 2.05) is 53.7 Å². The Morgan fingerprint density at radius 3 is 1.91 bits per heavy atom. The molecule has 0 aliphatic heterocycles. The fraction of sp³-hybridized carbons (Fsp3) is 0.526. The monoisotopic (exact) mass is 401 g/mol. The summed E-state index contributed by atoms with van der Waals surface area (Å²) in [5.41, 5.74) is 2.08. The molecule has 132 valence electrons. The molecule has 0 atom stereocenters. The van der Waals surface area contributed by atoms with E-state index < -0.39 is 0 Å². The molecule has 0 bridgehead atoms. The van der Waals surface area contributed by atoms with E-state index in [0.717, 1.165) is 21.6 Å². The average molecular weight is 402 g/mol. The fourth-order valence-electron chi connectivity index (χ4n) is 1.68. The number of halogens is 1. The Kier molecular flexibility index (Phi) is 15.6. The predicted molar refractivity (Wildman–Crippen MR) is 110 cm³/mol. The maximum atomic E-state index is 9.30. The smallest absolute Gasteiger partial charge is 0.160 e. The zero-order valence-corrected chi connectivity index (χ0v) is 18.2. The molecule has 0 unspecified atom stereocenters. The quantitative estimate of drug-likeness (QED) is 0.575. The lowest BCUT2D eigenvalue weighted by atomic mass is 10.0. The molecular formula is C19H32BrNOS. The zero-order chi connectivity index (χ0) is 18.4. The lowest BCUT2D eigenvalue weighted by molar-refractivity contribution is 0.475. The van der Waals surface area contributed by atoms with Gasteiger partial charge < -0.3 is 5.11 Å². The van der Waals surface area contributed by atoms with Crippen molar-refractivity contribution in [3.05, 3.63) is 33.1 Å². The Morgan fingerprint density at radius 1 is 1.00 bits per heavy atom. The van der Waals surface area contributed by atoms with Gasteiger partial charge in [-0.1, -0.05) is 55.4 Å². The highest BCUT2D eigenvalue weighted by Crippen LogP contribution is 2.33. The Labute approximate surface area is 155 Å². The molecule has 0 radical (unpaired) electrons. The maximum Gasteiger partial charge on any atom is 0.160 e. The molecule has 1 aromatic carbocycles. The number of hydrogen-bond donors (Lipinski definition) is 1. The van der Waals surface area contributed by atoms with Gasteiger partial charge in [0.25, 0.3) is 0 Å². The van der Waals surface area contributed by atoms with Crippen molar-refractivity contribution in [2.24, 2.45) is 5.92 Å². The van der Waals surface area contributed by atoms with Crippen LogP contribution in [0.25, 0.3) is 11.3 Å². The summed E-state index contributed by atoms with van der Waals surface area (Å²) in [6.07, 6.45) is 1.03. The van der Waals surface area contributed by atoms with Crippen molar-refractivity contribution >= 4 is 27.3 Å². The molecule has 23 heavy (non-hydrogen) atoms. The van der Waals surface area contributed by atoms with Crippen LogP contribution in [-0.4, -0.2) is 10.1 Å². The minimum absolute atomic E-state index is 0.286. The Hall–Kier alpha value is -0.870. The second kappa shape index (κ2) is 14.7. The van der Waals surface area contributed by atoms with Gasteiger partial charge >= 0.3 is 0 Å². The van der Waals surface area contributed by atoms with Gasteiger partial charge in [0.2, 0.25) is 0 Å². The number of phenols is 1. The first-order valence-corrected chi connectivity index (χ1v) is 10.1. The fourth-order valence-corrected chi connectivity index (χ4v) is 3.46. The van der Waals surface area contributed by atoms with Crippen LogP contribution in [0.4, 0.5) is 0 Å². The first-order valence-electron chi connectivity index (χ1n) is 8.51. The molecule has 0 saturated heterocycles. The van der Waals surface area contributed by atoms with E-state index in [0.29, 0.717) is 5.92 Å². The van der Waals surface area contributed by atoms with E-state index in [1.165, 1.54) is 4.88 Å². The van der Waals surface area contributed by atoms with Crippen molar-refractivity contribution < 1.29 is 5.11 Å². The highest BCUT2D eigenvalue weighted by Gasteiger charge is 2.13. The van der Waals surface area contributed by atoms with Gasteiger partial charge in [0.1, 0.15) is 5.75 Å². The zero-order valence-electron chi connectivity index (χ0n) is 15.8. The molecule has 2 rings (SSSR count). The summed E-state index contributed by atoms with van der Waals surface area (Å²) in [6, 6.07) is 7.20. The van der Waals surface area contributed by atoms with E-state index in [2.05, 4.69) is 34.8 Å². The first kappa shape index (κ1) is 24.4. The summed E-state index contributed by atoms with van der Waals surface area (Å²) < 4.78 is 0.913. The predicted octanol–water partition coefficient (Wildman–Crippen LogP) is 7.56. The SMILES string of the molecule is CC.CC.CC.CC(C)Cc1sc(Br)nc1-c1ccc(O)cc1. The summed E-state index contributed by atoms with van der Waals surface area (Å²) in [6.45, 7) is 16.4. The summed E-state index contributed by atoms with van der Waals surface area (Å²) in [5, 5.41) is 9.30. The van der Waals surface area contributed by atoms with Crippen LogP contribution in [0.15, 0.2) is 28.2 Å². The Morgan fingerprint density at radius 2 is 1.48 bits per heavy atom. The normalized spacial score (nSPS) is 8.96. The number of nitrogens with zero attached hydrogens (tertiary/aromatic N) is 1. The van der Waals surface area contributed by atoms with Crippen LogP contribution < -0.4 is 0 Å². The van der Waals surface area contributed by atoms with Gasteiger partial charge in [-0.3, -0.25) is 0 Å². The van der Waals surface area contributed by atoms with Crippen LogP contribution in [0.2, 0.25) is 0 Å². The van der Waals surface area contributed by atoms with Crippen molar-refractivity contribution in [3.8, 4) is 17.0 Å². The summed E-state index contributed by atoms with van der Waals surface area (Å²) in [5.74, 6) is 0.895. The second-order valence-corrected chi connectivity index (χ2v) is 6.74. The number of hydrogen-bond acceptors (Lipinski definition) is 3. The number of aromatic nitrogens is 1. The average Bonchev–Trinajstić information content (AvgIpc) is 2.93. The molecule has 1 heterocycles. The van der Waals surface area contributed by atoms with Gasteiger partial charge in [-0.05, 0) is 52.5 Å². The van der Waals surface area contributed by atoms with E-state index >= 15 is 0 Å². The van der Waals surface area contributed by atoms with Gasteiger partial charge in [0.05, 0.1) is 5.69 Å². The van der Waals surface area contributed by atoms with Crippen molar-refractivity contribution in [3.63, 3.8) is 0 Å². The van der Waals surface area contributed by atoms with Crippen LogP contribution >= 0.6 is 27.3 Å². The molecule has 0 amide bonds. The number of thiazole rings is 1. The molecule has 4 heteroatoms. The van der Waals surface area contributed by atoms with Gasteiger partial charge in [0.15, 0.2) is 3.92 Å². The van der Waals surface area contributed by atoms with Gasteiger partial charge in [-0.25, -0.2) is 4.98 Å². The van der Waals surface area contributed by atoms with Crippen LogP contribution in [0.1, 0.15) is 60.3 Å².